The van der Waals surface area contributed by atoms with Crippen LogP contribution in [0.1, 0.15) is 31.2 Å². The van der Waals surface area contributed by atoms with E-state index in [1.165, 1.54) is 18.6 Å². The van der Waals surface area contributed by atoms with Crippen molar-refractivity contribution in [2.75, 3.05) is 11.9 Å². The number of unbranched alkanes of at least 4 members (excludes halogenated alkanes) is 1. The number of benzene rings is 1. The van der Waals surface area contributed by atoms with E-state index in [2.05, 4.69) is 27.4 Å². The van der Waals surface area contributed by atoms with E-state index >= 15 is 0 Å². The summed E-state index contributed by atoms with van der Waals surface area (Å²) in [6, 6.07) is 14.5. The molecule has 2 heterocycles. The third-order valence-electron chi connectivity index (χ3n) is 4.06. The minimum absolute atomic E-state index is 0.238. The van der Waals surface area contributed by atoms with Crippen LogP contribution in [0, 0.1) is 5.82 Å². The Bertz CT molecular complexity index is 795. The fourth-order valence-corrected chi connectivity index (χ4v) is 2.63. The molecule has 0 amide bonds. The van der Waals surface area contributed by atoms with Crippen LogP contribution < -0.4 is 5.32 Å². The number of pyridine rings is 1. The van der Waals surface area contributed by atoms with Gasteiger partial charge in [-0.15, -0.1) is 0 Å². The molecule has 5 heteroatoms. The molecule has 2 aromatic heterocycles. The summed E-state index contributed by atoms with van der Waals surface area (Å²) >= 11 is 0. The van der Waals surface area contributed by atoms with Crippen LogP contribution >= 0.6 is 0 Å². The normalized spacial score (nSPS) is 10.8. The van der Waals surface area contributed by atoms with E-state index in [4.69, 9.17) is 0 Å². The molecule has 0 unspecified atom stereocenters. The van der Waals surface area contributed by atoms with Gasteiger partial charge in [0.2, 0.25) is 0 Å². The molecule has 0 spiro atoms. The minimum Gasteiger partial charge on any atom is -0.370 e. The number of aromatic amines is 1. The van der Waals surface area contributed by atoms with Gasteiger partial charge in [0.1, 0.15) is 11.6 Å². The summed E-state index contributed by atoms with van der Waals surface area (Å²) in [5.41, 5.74) is 3.84. The number of hydrogen-bond acceptors (Lipinski definition) is 3. The van der Waals surface area contributed by atoms with Crippen LogP contribution in [-0.2, 0) is 12.8 Å². The van der Waals surface area contributed by atoms with Gasteiger partial charge in [-0.25, -0.2) is 9.37 Å². The van der Waals surface area contributed by atoms with Crippen LogP contribution in [0.3, 0.4) is 0 Å². The fourth-order valence-electron chi connectivity index (χ4n) is 2.63. The molecule has 0 bridgehead atoms. The lowest BCUT2D eigenvalue weighted by atomic mass is 10.1. The van der Waals surface area contributed by atoms with Gasteiger partial charge in [-0.2, -0.15) is 5.10 Å². The lowest BCUT2D eigenvalue weighted by Gasteiger charge is -2.06. The number of hydrogen-bond donors (Lipinski definition) is 2. The average Bonchev–Trinajstić information content (AvgIpc) is 3.10. The molecule has 0 saturated heterocycles. The Hall–Kier alpha value is -2.69. The van der Waals surface area contributed by atoms with Crippen molar-refractivity contribution in [1.29, 1.82) is 0 Å². The Labute approximate surface area is 147 Å². The maximum atomic E-state index is 13.0. The summed E-state index contributed by atoms with van der Waals surface area (Å²) in [6.07, 6.45) is 3.99. The van der Waals surface area contributed by atoms with Crippen molar-refractivity contribution in [1.82, 2.24) is 15.2 Å². The van der Waals surface area contributed by atoms with Crippen molar-refractivity contribution in [2.24, 2.45) is 0 Å². The zero-order valence-electron chi connectivity index (χ0n) is 14.4. The van der Waals surface area contributed by atoms with Crippen LogP contribution in [0.4, 0.5) is 10.2 Å². The van der Waals surface area contributed by atoms with Gasteiger partial charge in [0, 0.05) is 23.5 Å². The first-order valence-electron chi connectivity index (χ1n) is 8.74. The van der Waals surface area contributed by atoms with Crippen LogP contribution in [0.15, 0.2) is 48.5 Å². The van der Waals surface area contributed by atoms with E-state index in [0.717, 1.165) is 54.3 Å². The van der Waals surface area contributed by atoms with Gasteiger partial charge in [0.15, 0.2) is 0 Å². The Kier molecular flexibility index (Phi) is 5.77. The summed E-state index contributed by atoms with van der Waals surface area (Å²) in [7, 11) is 0. The number of H-pyrrole nitrogens is 1. The second-order valence-electron chi connectivity index (χ2n) is 6.08. The smallest absolute Gasteiger partial charge is 0.126 e. The molecule has 0 radical (unpaired) electrons. The second-order valence-corrected chi connectivity index (χ2v) is 6.08. The molecule has 1 aromatic carbocycles. The van der Waals surface area contributed by atoms with Crippen LogP contribution in [-0.4, -0.2) is 21.7 Å². The van der Waals surface area contributed by atoms with Crippen LogP contribution in [0.2, 0.25) is 0 Å². The number of halogens is 1. The molecule has 3 rings (SSSR count). The van der Waals surface area contributed by atoms with Crippen molar-refractivity contribution in [3.05, 3.63) is 65.7 Å². The Morgan fingerprint density at radius 2 is 1.92 bits per heavy atom. The number of aryl methyl sites for hydroxylation is 2. The minimum atomic E-state index is -0.238. The number of aromatic nitrogens is 3. The van der Waals surface area contributed by atoms with Crippen LogP contribution in [0.25, 0.3) is 11.3 Å². The Morgan fingerprint density at radius 3 is 2.72 bits per heavy atom. The molecule has 0 fully saturated rings. The SMILES string of the molecule is CCCCNc1cccc(CCc2cc(-c3ccc(F)cc3)n[nH]2)n1. The van der Waals surface area contributed by atoms with Crippen molar-refractivity contribution in [2.45, 2.75) is 32.6 Å². The Morgan fingerprint density at radius 1 is 1.08 bits per heavy atom. The maximum Gasteiger partial charge on any atom is 0.126 e. The van der Waals surface area contributed by atoms with E-state index in [-0.39, 0.29) is 5.82 Å². The van der Waals surface area contributed by atoms with E-state index in [1.807, 2.05) is 24.3 Å². The van der Waals surface area contributed by atoms with Gasteiger partial charge in [-0.05, 0) is 61.7 Å². The molecule has 0 atom stereocenters. The predicted octanol–water partition coefficient (Wildman–Crippen LogP) is 4.61. The summed E-state index contributed by atoms with van der Waals surface area (Å²) in [5.74, 6) is 0.695. The standard InChI is InChI=1S/C20H23FN4/c1-2-3-13-22-20-6-4-5-17(23-20)11-12-18-14-19(25-24-18)15-7-9-16(21)10-8-15/h4-10,14H,2-3,11-13H2,1H3,(H,22,23)(H,24,25). The number of nitrogens with zero attached hydrogens (tertiary/aromatic N) is 2. The molecule has 25 heavy (non-hydrogen) atoms. The Balaban J connectivity index is 1.58. The average molecular weight is 338 g/mol. The maximum absolute atomic E-state index is 13.0. The molecular formula is C20H23FN4. The lowest BCUT2D eigenvalue weighted by molar-refractivity contribution is 0.628. The molecule has 3 aromatic rings. The first kappa shape index (κ1) is 17.1. The highest BCUT2D eigenvalue weighted by Crippen LogP contribution is 2.18. The topological polar surface area (TPSA) is 53.6 Å². The quantitative estimate of drug-likeness (QED) is 0.590. The van der Waals surface area contributed by atoms with Crippen molar-refractivity contribution in [3.8, 4) is 11.3 Å². The fraction of sp³-hybridized carbons (Fsp3) is 0.300. The molecule has 2 N–H and O–H groups in total. The highest BCUT2D eigenvalue weighted by molar-refractivity contribution is 5.59. The molecule has 130 valence electrons. The first-order chi connectivity index (χ1) is 12.2. The third-order valence-corrected chi connectivity index (χ3v) is 4.06. The van der Waals surface area contributed by atoms with E-state index < -0.39 is 0 Å². The monoisotopic (exact) mass is 338 g/mol. The van der Waals surface area contributed by atoms with Gasteiger partial charge in [0.25, 0.3) is 0 Å². The molecule has 0 saturated carbocycles. The predicted molar refractivity (Wildman–Crippen MR) is 99.0 cm³/mol. The number of rotatable bonds is 8. The molecule has 4 nitrogen and oxygen atoms in total. The second kappa shape index (κ2) is 8.42. The van der Waals surface area contributed by atoms with Crippen molar-refractivity contribution < 1.29 is 4.39 Å². The summed E-state index contributed by atoms with van der Waals surface area (Å²) in [4.78, 5) is 4.65. The molecule has 0 aliphatic rings. The first-order valence-corrected chi connectivity index (χ1v) is 8.74. The van der Waals surface area contributed by atoms with Gasteiger partial charge >= 0.3 is 0 Å². The molecule has 0 aliphatic heterocycles. The largest absolute Gasteiger partial charge is 0.370 e. The van der Waals surface area contributed by atoms with E-state index in [0.29, 0.717) is 0 Å². The summed E-state index contributed by atoms with van der Waals surface area (Å²) in [5, 5.41) is 10.7. The van der Waals surface area contributed by atoms with Crippen molar-refractivity contribution >= 4 is 5.82 Å². The lowest BCUT2D eigenvalue weighted by Crippen LogP contribution is -2.04. The van der Waals surface area contributed by atoms with E-state index in [1.54, 1.807) is 12.1 Å². The number of nitrogens with one attached hydrogen (secondary N) is 2. The molecular weight excluding hydrogens is 315 g/mol. The summed E-state index contributed by atoms with van der Waals surface area (Å²) < 4.78 is 13.0. The van der Waals surface area contributed by atoms with Gasteiger partial charge in [-0.1, -0.05) is 19.4 Å². The van der Waals surface area contributed by atoms with E-state index in [9.17, 15) is 4.39 Å². The van der Waals surface area contributed by atoms with Gasteiger partial charge in [-0.3, -0.25) is 5.10 Å². The molecule has 0 aliphatic carbocycles. The van der Waals surface area contributed by atoms with Gasteiger partial charge < -0.3 is 5.32 Å². The summed E-state index contributed by atoms with van der Waals surface area (Å²) in [6.45, 7) is 3.13. The third kappa shape index (κ3) is 4.89. The zero-order chi connectivity index (χ0) is 17.5. The zero-order valence-corrected chi connectivity index (χ0v) is 14.4. The van der Waals surface area contributed by atoms with Crippen LogP contribution in [0.5, 0.6) is 0 Å². The highest BCUT2D eigenvalue weighted by Gasteiger charge is 2.05. The van der Waals surface area contributed by atoms with Gasteiger partial charge in [0.05, 0.1) is 5.69 Å². The van der Waals surface area contributed by atoms with Crippen molar-refractivity contribution in [3.63, 3.8) is 0 Å². The highest BCUT2D eigenvalue weighted by atomic mass is 19.1. The number of anilines is 1.